The SMILES string of the molecule is CC(CCc1ccccc1)Nc1c(Nc2cccc(C(=O)N(C)C)c2O)c(=O)c1=O. The number of para-hydroxylation sites is 1. The minimum absolute atomic E-state index is 0.0377. The standard InChI is InChI=1S/C23H25N3O4/c1-14(12-13-15-8-5-4-6-9-15)24-18-19(22(29)21(18)28)25-17-11-7-10-16(20(17)27)23(30)26(2)3/h4-11,14,24-25,27H,12-13H2,1-3H3. The molecule has 1 amide bonds. The zero-order valence-electron chi connectivity index (χ0n) is 17.2. The number of aryl methyl sites for hydroxylation is 1. The fourth-order valence-electron chi connectivity index (χ4n) is 3.19. The second kappa shape index (κ2) is 8.82. The van der Waals surface area contributed by atoms with Crippen LogP contribution in [0.15, 0.2) is 58.1 Å². The van der Waals surface area contributed by atoms with Crippen LogP contribution in [-0.4, -0.2) is 36.1 Å². The van der Waals surface area contributed by atoms with E-state index >= 15 is 0 Å². The summed E-state index contributed by atoms with van der Waals surface area (Å²) in [6.07, 6.45) is 1.61. The van der Waals surface area contributed by atoms with Gasteiger partial charge in [-0.15, -0.1) is 0 Å². The molecule has 1 atom stereocenters. The van der Waals surface area contributed by atoms with Gasteiger partial charge >= 0.3 is 0 Å². The van der Waals surface area contributed by atoms with Crippen molar-refractivity contribution in [3.8, 4) is 5.75 Å². The molecule has 30 heavy (non-hydrogen) atoms. The van der Waals surface area contributed by atoms with Gasteiger partial charge in [-0.05, 0) is 37.5 Å². The van der Waals surface area contributed by atoms with Crippen LogP contribution in [0.25, 0.3) is 0 Å². The minimum Gasteiger partial charge on any atom is -0.505 e. The van der Waals surface area contributed by atoms with Gasteiger partial charge in [0.05, 0.1) is 11.3 Å². The first-order chi connectivity index (χ1) is 14.3. The monoisotopic (exact) mass is 407 g/mol. The quantitative estimate of drug-likeness (QED) is 0.392. The Labute approximate surface area is 174 Å². The normalized spacial score (nSPS) is 11.8. The number of phenolic OH excluding ortho intramolecular Hbond substituents is 1. The van der Waals surface area contributed by atoms with Gasteiger partial charge in [0.1, 0.15) is 11.4 Å². The first kappa shape index (κ1) is 21.1. The van der Waals surface area contributed by atoms with Crippen LogP contribution in [0.2, 0.25) is 0 Å². The summed E-state index contributed by atoms with van der Waals surface area (Å²) in [7, 11) is 3.16. The Balaban J connectivity index is 1.74. The Morgan fingerprint density at radius 3 is 2.33 bits per heavy atom. The molecule has 1 unspecified atom stereocenters. The Hall–Kier alpha value is -3.61. The number of aromatic hydroxyl groups is 1. The molecule has 7 nitrogen and oxygen atoms in total. The van der Waals surface area contributed by atoms with E-state index in [1.165, 1.54) is 16.5 Å². The molecule has 0 spiro atoms. The van der Waals surface area contributed by atoms with Crippen LogP contribution in [-0.2, 0) is 6.42 Å². The number of anilines is 3. The second-order valence-corrected chi connectivity index (χ2v) is 7.50. The van der Waals surface area contributed by atoms with E-state index in [0.29, 0.717) is 0 Å². The number of nitrogens with one attached hydrogen (secondary N) is 2. The van der Waals surface area contributed by atoms with Crippen molar-refractivity contribution >= 4 is 23.0 Å². The molecule has 0 fully saturated rings. The summed E-state index contributed by atoms with van der Waals surface area (Å²) in [5.74, 6) is -0.638. The van der Waals surface area contributed by atoms with E-state index in [4.69, 9.17) is 0 Å². The molecule has 0 saturated heterocycles. The first-order valence-electron chi connectivity index (χ1n) is 9.74. The number of phenols is 1. The van der Waals surface area contributed by atoms with Crippen molar-refractivity contribution in [2.75, 3.05) is 24.7 Å². The van der Waals surface area contributed by atoms with Gasteiger partial charge in [0.15, 0.2) is 5.75 Å². The molecule has 0 aromatic heterocycles. The van der Waals surface area contributed by atoms with Crippen LogP contribution in [0, 0.1) is 0 Å². The molecule has 0 aliphatic carbocycles. The predicted octanol–water partition coefficient (Wildman–Crippen LogP) is 2.87. The highest BCUT2D eigenvalue weighted by Crippen LogP contribution is 2.32. The lowest BCUT2D eigenvalue weighted by Gasteiger charge is -2.20. The molecular weight excluding hydrogens is 382 g/mol. The minimum atomic E-state index is -0.656. The summed E-state index contributed by atoms with van der Waals surface area (Å²) >= 11 is 0. The highest BCUT2D eigenvalue weighted by Gasteiger charge is 2.24. The summed E-state index contributed by atoms with van der Waals surface area (Å²) < 4.78 is 0. The van der Waals surface area contributed by atoms with Crippen molar-refractivity contribution in [2.24, 2.45) is 0 Å². The number of rotatable bonds is 8. The maximum Gasteiger partial charge on any atom is 0.257 e. The Kier molecular flexibility index (Phi) is 6.20. The van der Waals surface area contributed by atoms with Gasteiger partial charge in [-0.2, -0.15) is 0 Å². The second-order valence-electron chi connectivity index (χ2n) is 7.50. The molecule has 0 heterocycles. The van der Waals surface area contributed by atoms with Crippen LogP contribution < -0.4 is 21.5 Å². The van der Waals surface area contributed by atoms with Gasteiger partial charge in [0.25, 0.3) is 16.8 Å². The van der Waals surface area contributed by atoms with Gasteiger partial charge in [0, 0.05) is 20.1 Å². The maximum absolute atomic E-state index is 12.2. The molecule has 0 radical (unpaired) electrons. The van der Waals surface area contributed by atoms with Crippen LogP contribution in [0.1, 0.15) is 29.3 Å². The molecule has 3 N–H and O–H groups in total. The van der Waals surface area contributed by atoms with E-state index in [9.17, 15) is 19.5 Å². The summed E-state index contributed by atoms with van der Waals surface area (Å²) in [5, 5.41) is 16.4. The van der Waals surface area contributed by atoms with Crippen LogP contribution in [0.3, 0.4) is 0 Å². The van der Waals surface area contributed by atoms with Crippen LogP contribution in [0.4, 0.5) is 17.1 Å². The zero-order chi connectivity index (χ0) is 21.8. The molecule has 0 aliphatic heterocycles. The number of carbonyl (C=O) groups excluding carboxylic acids is 1. The Morgan fingerprint density at radius 2 is 1.67 bits per heavy atom. The molecule has 3 aromatic carbocycles. The van der Waals surface area contributed by atoms with E-state index in [0.717, 1.165) is 12.8 Å². The number of nitrogens with zero attached hydrogens (tertiary/aromatic N) is 1. The Morgan fingerprint density at radius 1 is 1.00 bits per heavy atom. The third-order valence-corrected chi connectivity index (χ3v) is 4.94. The molecule has 156 valence electrons. The summed E-state index contributed by atoms with van der Waals surface area (Å²) in [4.78, 5) is 37.7. The van der Waals surface area contributed by atoms with Gasteiger partial charge in [-0.3, -0.25) is 14.4 Å². The van der Waals surface area contributed by atoms with E-state index in [1.54, 1.807) is 26.2 Å². The molecular formula is C23H25N3O4. The van der Waals surface area contributed by atoms with Crippen molar-refractivity contribution in [3.05, 3.63) is 80.1 Å². The number of amides is 1. The smallest absolute Gasteiger partial charge is 0.257 e. The molecule has 0 saturated carbocycles. The van der Waals surface area contributed by atoms with Crippen molar-refractivity contribution in [2.45, 2.75) is 25.8 Å². The maximum atomic E-state index is 12.2. The lowest BCUT2D eigenvalue weighted by molar-refractivity contribution is 0.0824. The van der Waals surface area contributed by atoms with E-state index in [-0.39, 0.29) is 40.3 Å². The number of hydrogen-bond donors (Lipinski definition) is 3. The summed E-state index contributed by atoms with van der Waals surface area (Å²) in [6, 6.07) is 14.6. The summed E-state index contributed by atoms with van der Waals surface area (Å²) in [5.41, 5.74) is 0.534. The number of carbonyl (C=O) groups is 1. The van der Waals surface area contributed by atoms with Gasteiger partial charge < -0.3 is 20.6 Å². The highest BCUT2D eigenvalue weighted by molar-refractivity contribution is 5.99. The van der Waals surface area contributed by atoms with E-state index < -0.39 is 10.9 Å². The molecule has 3 aromatic rings. The fourth-order valence-corrected chi connectivity index (χ4v) is 3.19. The van der Waals surface area contributed by atoms with E-state index in [1.807, 2.05) is 37.3 Å². The third-order valence-electron chi connectivity index (χ3n) is 4.94. The largest absolute Gasteiger partial charge is 0.505 e. The van der Waals surface area contributed by atoms with Crippen LogP contribution >= 0.6 is 0 Å². The molecule has 0 bridgehead atoms. The van der Waals surface area contributed by atoms with Crippen LogP contribution in [0.5, 0.6) is 5.75 Å². The zero-order valence-corrected chi connectivity index (χ0v) is 17.2. The summed E-state index contributed by atoms with van der Waals surface area (Å²) in [6.45, 7) is 1.94. The topological polar surface area (TPSA) is 98.7 Å². The van der Waals surface area contributed by atoms with E-state index in [2.05, 4.69) is 10.6 Å². The average molecular weight is 407 g/mol. The molecule has 3 rings (SSSR count). The van der Waals surface area contributed by atoms with Crippen molar-refractivity contribution in [3.63, 3.8) is 0 Å². The van der Waals surface area contributed by atoms with Gasteiger partial charge in [0.2, 0.25) is 0 Å². The third kappa shape index (κ3) is 4.35. The Bertz CT molecular complexity index is 1120. The van der Waals surface area contributed by atoms with Gasteiger partial charge in [-0.25, -0.2) is 0 Å². The average Bonchev–Trinajstić information content (AvgIpc) is 2.75. The fraction of sp³-hybridized carbons (Fsp3) is 0.261. The first-order valence-corrected chi connectivity index (χ1v) is 9.74. The predicted molar refractivity (Wildman–Crippen MR) is 119 cm³/mol. The number of hydrogen-bond acceptors (Lipinski definition) is 6. The van der Waals surface area contributed by atoms with Crippen molar-refractivity contribution in [1.29, 1.82) is 0 Å². The molecule has 0 aliphatic rings. The number of benzene rings is 2. The lowest BCUT2D eigenvalue weighted by Crippen LogP contribution is -2.38. The van der Waals surface area contributed by atoms with Crippen molar-refractivity contribution in [1.82, 2.24) is 4.90 Å². The van der Waals surface area contributed by atoms with Gasteiger partial charge in [-0.1, -0.05) is 36.4 Å². The lowest BCUT2D eigenvalue weighted by atomic mass is 10.0. The highest BCUT2D eigenvalue weighted by atomic mass is 16.3. The molecule has 7 heteroatoms. The van der Waals surface area contributed by atoms with Crippen molar-refractivity contribution < 1.29 is 9.90 Å².